The van der Waals surface area contributed by atoms with E-state index in [0.717, 1.165) is 25.7 Å². The Balaban J connectivity index is 3.37. The largest absolute Gasteiger partial charge is 0.457 e. The minimum Gasteiger partial charge on any atom is -0.457 e. The first-order valence-corrected chi connectivity index (χ1v) is 21.9. The molecular weight excluding hydrogens is 604 g/mol. The lowest BCUT2D eigenvalue weighted by molar-refractivity contribution is -0.154. The van der Waals surface area contributed by atoms with Gasteiger partial charge in [0.2, 0.25) is 0 Å². The number of aliphatic hydroxyl groups excluding tert-OH is 1. The van der Waals surface area contributed by atoms with Crippen LogP contribution in [0.15, 0.2) is 24.3 Å². The van der Waals surface area contributed by atoms with Gasteiger partial charge in [0.05, 0.1) is 13.2 Å². The maximum absolute atomic E-state index is 12.2. The highest BCUT2D eigenvalue weighted by molar-refractivity contribution is 5.69. The lowest BCUT2D eigenvalue weighted by Crippen LogP contribution is -2.27. The molecular formula is C45H86O4. The minimum absolute atomic E-state index is 0.172. The van der Waals surface area contributed by atoms with E-state index in [9.17, 15) is 9.90 Å². The molecule has 0 rings (SSSR count). The first kappa shape index (κ1) is 47.9. The standard InChI is InChI=1S/C45H86O4/c1-3-5-7-9-11-13-15-17-19-20-21-22-23-24-25-26-27-28-30-32-34-36-38-40-45(47)49-44(42-46)43-48-41-39-37-35-33-31-29-18-16-14-12-10-8-6-4-2/h8,10,14,16,44,46H,3-7,9,11-13,15,17-43H2,1-2H3/b10-8-,16-14-. The predicted molar refractivity (Wildman–Crippen MR) is 214 cm³/mol. The van der Waals surface area contributed by atoms with Crippen molar-refractivity contribution < 1.29 is 19.4 Å². The summed E-state index contributed by atoms with van der Waals surface area (Å²) in [5, 5.41) is 9.59. The molecule has 0 radical (unpaired) electrons. The highest BCUT2D eigenvalue weighted by Crippen LogP contribution is 2.16. The van der Waals surface area contributed by atoms with E-state index in [1.807, 2.05) is 0 Å². The summed E-state index contributed by atoms with van der Waals surface area (Å²) in [4.78, 5) is 12.2. The molecule has 0 aromatic rings. The Labute approximate surface area is 307 Å². The van der Waals surface area contributed by atoms with Gasteiger partial charge < -0.3 is 14.6 Å². The molecule has 0 saturated carbocycles. The van der Waals surface area contributed by atoms with Crippen molar-refractivity contribution in [3.8, 4) is 0 Å². The van der Waals surface area contributed by atoms with Crippen molar-refractivity contribution in [1.29, 1.82) is 0 Å². The maximum Gasteiger partial charge on any atom is 0.306 e. The number of unbranched alkanes of at least 4 members (excludes halogenated alkanes) is 29. The molecule has 4 nitrogen and oxygen atoms in total. The van der Waals surface area contributed by atoms with E-state index in [4.69, 9.17) is 9.47 Å². The van der Waals surface area contributed by atoms with Crippen LogP contribution in [0.2, 0.25) is 0 Å². The number of ether oxygens (including phenoxy) is 2. The van der Waals surface area contributed by atoms with Crippen LogP contribution in [0.25, 0.3) is 0 Å². The quantitative estimate of drug-likeness (QED) is 0.0394. The first-order chi connectivity index (χ1) is 24.2. The van der Waals surface area contributed by atoms with Crippen molar-refractivity contribution >= 4 is 5.97 Å². The average Bonchev–Trinajstić information content (AvgIpc) is 3.11. The zero-order valence-electron chi connectivity index (χ0n) is 33.2. The highest BCUT2D eigenvalue weighted by Gasteiger charge is 2.13. The van der Waals surface area contributed by atoms with Crippen LogP contribution in [0.5, 0.6) is 0 Å². The number of esters is 1. The monoisotopic (exact) mass is 691 g/mol. The third-order valence-electron chi connectivity index (χ3n) is 9.76. The number of carbonyl (C=O) groups is 1. The summed E-state index contributed by atoms with van der Waals surface area (Å²) >= 11 is 0. The second-order valence-corrected chi connectivity index (χ2v) is 14.8. The van der Waals surface area contributed by atoms with Gasteiger partial charge in [-0.15, -0.1) is 0 Å². The summed E-state index contributed by atoms with van der Waals surface area (Å²) in [6.45, 7) is 5.30. The minimum atomic E-state index is -0.535. The van der Waals surface area contributed by atoms with Gasteiger partial charge in [-0.2, -0.15) is 0 Å². The molecule has 4 heteroatoms. The number of carbonyl (C=O) groups excluding carboxylic acids is 1. The van der Waals surface area contributed by atoms with E-state index in [1.165, 1.54) is 186 Å². The Morgan fingerprint density at radius 2 is 0.898 bits per heavy atom. The van der Waals surface area contributed by atoms with E-state index >= 15 is 0 Å². The fourth-order valence-corrected chi connectivity index (χ4v) is 6.49. The predicted octanol–water partition coefficient (Wildman–Crippen LogP) is 14.3. The van der Waals surface area contributed by atoms with Crippen LogP contribution in [0, 0.1) is 0 Å². The number of hydrogen-bond donors (Lipinski definition) is 1. The van der Waals surface area contributed by atoms with Crippen LogP contribution in [-0.4, -0.2) is 37.0 Å². The van der Waals surface area contributed by atoms with Gasteiger partial charge in [0.15, 0.2) is 0 Å². The third-order valence-corrected chi connectivity index (χ3v) is 9.76. The van der Waals surface area contributed by atoms with Crippen LogP contribution in [0.3, 0.4) is 0 Å². The number of rotatable bonds is 41. The molecule has 0 aromatic heterocycles. The molecule has 0 aromatic carbocycles. The Morgan fingerprint density at radius 3 is 1.35 bits per heavy atom. The Bertz CT molecular complexity index is 688. The molecule has 49 heavy (non-hydrogen) atoms. The van der Waals surface area contributed by atoms with Crippen LogP contribution in [-0.2, 0) is 14.3 Å². The molecule has 0 aliphatic heterocycles. The zero-order valence-corrected chi connectivity index (χ0v) is 33.2. The molecule has 0 aliphatic rings. The molecule has 0 bridgehead atoms. The van der Waals surface area contributed by atoms with E-state index in [1.54, 1.807) is 0 Å². The van der Waals surface area contributed by atoms with Gasteiger partial charge in [0, 0.05) is 13.0 Å². The van der Waals surface area contributed by atoms with Crippen LogP contribution in [0.1, 0.15) is 232 Å². The SMILES string of the molecule is CCC/C=C\C/C=C\CCCCCCCCOCC(CO)OC(=O)CCCCCCCCCCCCCCCCCCCCCCCCC. The lowest BCUT2D eigenvalue weighted by atomic mass is 10.0. The molecule has 0 heterocycles. The van der Waals surface area contributed by atoms with E-state index in [2.05, 4.69) is 38.2 Å². The van der Waals surface area contributed by atoms with E-state index in [-0.39, 0.29) is 12.6 Å². The summed E-state index contributed by atoms with van der Waals surface area (Å²) in [6, 6.07) is 0. The van der Waals surface area contributed by atoms with Gasteiger partial charge in [-0.3, -0.25) is 4.79 Å². The summed E-state index contributed by atoms with van der Waals surface area (Å²) in [5.41, 5.74) is 0. The van der Waals surface area contributed by atoms with E-state index < -0.39 is 6.10 Å². The molecule has 0 amide bonds. The molecule has 1 atom stereocenters. The fourth-order valence-electron chi connectivity index (χ4n) is 6.49. The van der Waals surface area contributed by atoms with Crippen molar-refractivity contribution in [2.45, 2.75) is 238 Å². The number of hydrogen-bond acceptors (Lipinski definition) is 4. The fraction of sp³-hybridized carbons (Fsp3) is 0.889. The van der Waals surface area contributed by atoms with Crippen molar-refractivity contribution in [2.24, 2.45) is 0 Å². The zero-order chi connectivity index (χ0) is 35.6. The highest BCUT2D eigenvalue weighted by atomic mass is 16.6. The van der Waals surface area contributed by atoms with Crippen LogP contribution in [0.4, 0.5) is 0 Å². The normalized spacial score (nSPS) is 12.5. The topological polar surface area (TPSA) is 55.8 Å². The average molecular weight is 691 g/mol. The van der Waals surface area contributed by atoms with Crippen molar-refractivity contribution in [3.05, 3.63) is 24.3 Å². The molecule has 0 saturated heterocycles. The summed E-state index contributed by atoms with van der Waals surface area (Å²) in [7, 11) is 0. The van der Waals surface area contributed by atoms with Crippen molar-refractivity contribution in [3.63, 3.8) is 0 Å². The lowest BCUT2D eigenvalue weighted by Gasteiger charge is -2.15. The Hall–Kier alpha value is -1.13. The van der Waals surface area contributed by atoms with Gasteiger partial charge in [-0.1, -0.05) is 212 Å². The summed E-state index contributed by atoms with van der Waals surface area (Å²) in [6.07, 6.45) is 52.5. The molecule has 0 aliphatic carbocycles. The molecule has 1 unspecified atom stereocenters. The Morgan fingerprint density at radius 1 is 0.490 bits per heavy atom. The van der Waals surface area contributed by atoms with E-state index in [0.29, 0.717) is 19.6 Å². The summed E-state index contributed by atoms with van der Waals surface area (Å²) in [5.74, 6) is -0.200. The second-order valence-electron chi connectivity index (χ2n) is 14.8. The maximum atomic E-state index is 12.2. The smallest absolute Gasteiger partial charge is 0.306 e. The molecule has 0 fully saturated rings. The Kier molecular flexibility index (Phi) is 42.0. The van der Waals surface area contributed by atoms with Gasteiger partial charge in [-0.05, 0) is 38.5 Å². The molecule has 1 N–H and O–H groups in total. The van der Waals surface area contributed by atoms with Gasteiger partial charge in [0.25, 0.3) is 0 Å². The first-order valence-electron chi connectivity index (χ1n) is 21.9. The van der Waals surface area contributed by atoms with Crippen LogP contribution < -0.4 is 0 Å². The second kappa shape index (κ2) is 43.0. The van der Waals surface area contributed by atoms with Crippen molar-refractivity contribution in [2.75, 3.05) is 19.8 Å². The van der Waals surface area contributed by atoms with Gasteiger partial charge in [-0.25, -0.2) is 0 Å². The molecule has 290 valence electrons. The van der Waals surface area contributed by atoms with Crippen LogP contribution >= 0.6 is 0 Å². The number of aliphatic hydroxyl groups is 1. The molecule has 0 spiro atoms. The van der Waals surface area contributed by atoms with Crippen molar-refractivity contribution in [1.82, 2.24) is 0 Å². The van der Waals surface area contributed by atoms with Gasteiger partial charge >= 0.3 is 5.97 Å². The summed E-state index contributed by atoms with van der Waals surface area (Å²) < 4.78 is 11.1. The number of allylic oxidation sites excluding steroid dienone is 4. The van der Waals surface area contributed by atoms with Gasteiger partial charge in [0.1, 0.15) is 6.10 Å². The third kappa shape index (κ3) is 41.2.